The molecule has 0 radical (unpaired) electrons. The van der Waals surface area contributed by atoms with Crippen LogP contribution in [0.1, 0.15) is 42.1 Å². The summed E-state index contributed by atoms with van der Waals surface area (Å²) < 4.78 is 33.7. The molecule has 0 spiro atoms. The Labute approximate surface area is 160 Å². The number of alkyl halides is 2. The summed E-state index contributed by atoms with van der Waals surface area (Å²) in [5.41, 5.74) is 1.98. The normalized spacial score (nSPS) is 13.9. The molecule has 0 bridgehead atoms. The smallest absolute Gasteiger partial charge is 0.264 e. The third kappa shape index (κ3) is 3.54. The second-order valence-corrected chi connectivity index (χ2v) is 6.93. The topological polar surface area (TPSA) is 69.0 Å². The highest BCUT2D eigenvalue weighted by Crippen LogP contribution is 2.41. The fourth-order valence-corrected chi connectivity index (χ4v) is 3.29. The molecule has 2 heterocycles. The number of carbonyl (C=O) groups excluding carboxylic acids is 1. The van der Waals surface area contributed by atoms with Gasteiger partial charge < -0.3 is 10.1 Å². The van der Waals surface area contributed by atoms with E-state index in [1.165, 1.54) is 10.7 Å². The molecule has 1 saturated carbocycles. The zero-order chi connectivity index (χ0) is 19.8. The van der Waals surface area contributed by atoms with Crippen molar-refractivity contribution in [3.05, 3.63) is 47.3 Å². The molecule has 1 N–H and O–H groups in total. The van der Waals surface area contributed by atoms with Crippen molar-refractivity contribution in [2.75, 3.05) is 12.4 Å². The number of benzene rings is 1. The summed E-state index contributed by atoms with van der Waals surface area (Å²) in [5.74, 6) is 0.591. The molecule has 4 rings (SSSR count). The van der Waals surface area contributed by atoms with Crippen LogP contribution in [-0.4, -0.2) is 27.8 Å². The van der Waals surface area contributed by atoms with E-state index in [9.17, 15) is 13.6 Å². The lowest BCUT2D eigenvalue weighted by molar-refractivity contribution is -0.116. The van der Waals surface area contributed by atoms with Crippen LogP contribution in [0.15, 0.2) is 30.3 Å². The summed E-state index contributed by atoms with van der Waals surface area (Å²) in [5, 5.41) is 7.40. The van der Waals surface area contributed by atoms with E-state index >= 15 is 0 Å². The molecule has 146 valence electrons. The minimum absolute atomic E-state index is 0.0637. The number of carbonyl (C=O) groups is 1. The lowest BCUT2D eigenvalue weighted by Crippen LogP contribution is -2.20. The molecule has 0 saturated heterocycles. The van der Waals surface area contributed by atoms with Crippen LogP contribution in [0.3, 0.4) is 0 Å². The summed E-state index contributed by atoms with van der Waals surface area (Å²) in [6.07, 6.45) is -0.717. The maximum absolute atomic E-state index is 13.6. The SMILES string of the molecule is COc1ccc(NC(=O)Cn2nc(C)c3c(C(F)F)cc(C4CC4)nc32)cc1. The number of nitrogens with zero attached hydrogens (tertiary/aromatic N) is 3. The Morgan fingerprint density at radius 1 is 1.32 bits per heavy atom. The Balaban J connectivity index is 1.63. The van der Waals surface area contributed by atoms with Gasteiger partial charge in [-0.05, 0) is 50.1 Å². The van der Waals surface area contributed by atoms with Gasteiger partial charge >= 0.3 is 0 Å². The van der Waals surface area contributed by atoms with E-state index in [1.54, 1.807) is 38.3 Å². The van der Waals surface area contributed by atoms with E-state index in [0.29, 0.717) is 33.9 Å². The predicted octanol–water partition coefficient (Wildman–Crippen LogP) is 4.20. The van der Waals surface area contributed by atoms with Gasteiger partial charge in [-0.25, -0.2) is 18.4 Å². The van der Waals surface area contributed by atoms with Crippen LogP contribution in [0.25, 0.3) is 11.0 Å². The van der Waals surface area contributed by atoms with Crippen molar-refractivity contribution in [1.82, 2.24) is 14.8 Å². The Hall–Kier alpha value is -3.03. The Kier molecular flexibility index (Phi) is 4.70. The molecule has 1 aliphatic rings. The van der Waals surface area contributed by atoms with Crippen molar-refractivity contribution < 1.29 is 18.3 Å². The number of aryl methyl sites for hydroxylation is 1. The first-order valence-electron chi connectivity index (χ1n) is 9.06. The number of halogens is 2. The number of anilines is 1. The molecule has 0 unspecified atom stereocenters. The van der Waals surface area contributed by atoms with E-state index < -0.39 is 6.43 Å². The first-order valence-corrected chi connectivity index (χ1v) is 9.06. The van der Waals surface area contributed by atoms with Gasteiger partial charge in [0.25, 0.3) is 6.43 Å². The van der Waals surface area contributed by atoms with Gasteiger partial charge in [0.05, 0.1) is 18.2 Å². The van der Waals surface area contributed by atoms with Crippen molar-refractivity contribution in [2.24, 2.45) is 0 Å². The first-order chi connectivity index (χ1) is 13.5. The second kappa shape index (κ2) is 7.18. The van der Waals surface area contributed by atoms with E-state index in [0.717, 1.165) is 12.8 Å². The Morgan fingerprint density at radius 3 is 2.64 bits per heavy atom. The van der Waals surface area contributed by atoms with Crippen LogP contribution < -0.4 is 10.1 Å². The number of aromatic nitrogens is 3. The summed E-state index contributed by atoms with van der Waals surface area (Å²) in [7, 11) is 1.56. The number of hydrogen-bond acceptors (Lipinski definition) is 4. The summed E-state index contributed by atoms with van der Waals surface area (Å²) in [6, 6.07) is 8.41. The van der Waals surface area contributed by atoms with Crippen LogP contribution in [0.5, 0.6) is 5.75 Å². The monoisotopic (exact) mass is 386 g/mol. The van der Waals surface area contributed by atoms with Crippen molar-refractivity contribution in [1.29, 1.82) is 0 Å². The zero-order valence-electron chi connectivity index (χ0n) is 15.6. The molecular weight excluding hydrogens is 366 g/mol. The minimum Gasteiger partial charge on any atom is -0.497 e. The van der Waals surface area contributed by atoms with Gasteiger partial charge in [-0.2, -0.15) is 5.10 Å². The van der Waals surface area contributed by atoms with E-state index in [1.807, 2.05) is 0 Å². The lowest BCUT2D eigenvalue weighted by Gasteiger charge is -2.09. The lowest BCUT2D eigenvalue weighted by atomic mass is 10.1. The highest BCUT2D eigenvalue weighted by atomic mass is 19.3. The highest BCUT2D eigenvalue weighted by Gasteiger charge is 2.29. The number of ether oxygens (including phenoxy) is 1. The van der Waals surface area contributed by atoms with Crippen LogP contribution >= 0.6 is 0 Å². The average molecular weight is 386 g/mol. The molecule has 1 amide bonds. The molecule has 8 heteroatoms. The number of pyridine rings is 1. The highest BCUT2D eigenvalue weighted by molar-refractivity contribution is 5.92. The maximum atomic E-state index is 13.6. The maximum Gasteiger partial charge on any atom is 0.264 e. The third-order valence-corrected chi connectivity index (χ3v) is 4.83. The molecule has 28 heavy (non-hydrogen) atoms. The van der Waals surface area contributed by atoms with Gasteiger partial charge in [-0.15, -0.1) is 0 Å². The molecule has 0 atom stereocenters. The molecule has 2 aromatic heterocycles. The zero-order valence-corrected chi connectivity index (χ0v) is 15.6. The first kappa shape index (κ1) is 18.3. The van der Waals surface area contributed by atoms with Gasteiger partial charge in [0, 0.05) is 22.9 Å². The molecule has 1 aliphatic carbocycles. The quantitative estimate of drug-likeness (QED) is 0.689. The fraction of sp³-hybridized carbons (Fsp3) is 0.350. The number of nitrogens with one attached hydrogen (secondary N) is 1. The summed E-state index contributed by atoms with van der Waals surface area (Å²) >= 11 is 0. The molecular formula is C20H20F2N4O2. The molecule has 1 fully saturated rings. The van der Waals surface area contributed by atoms with Gasteiger partial charge in [0.15, 0.2) is 5.65 Å². The van der Waals surface area contributed by atoms with Gasteiger partial charge in [-0.1, -0.05) is 0 Å². The number of fused-ring (bicyclic) bond motifs is 1. The van der Waals surface area contributed by atoms with Gasteiger partial charge in [-0.3, -0.25) is 4.79 Å². The number of methoxy groups -OCH3 is 1. The van der Waals surface area contributed by atoms with E-state index in [-0.39, 0.29) is 23.9 Å². The predicted molar refractivity (Wildman–Crippen MR) is 101 cm³/mol. The number of amides is 1. The van der Waals surface area contributed by atoms with Crippen LogP contribution in [0, 0.1) is 6.92 Å². The number of hydrogen-bond donors (Lipinski definition) is 1. The standard InChI is InChI=1S/C20H20F2N4O2/c1-11-18-15(19(21)22)9-16(12-3-4-12)24-20(18)26(25-11)10-17(27)23-13-5-7-14(28-2)8-6-13/h5-9,12,19H,3-4,10H2,1-2H3,(H,23,27). The average Bonchev–Trinajstić information content (AvgIpc) is 3.47. The summed E-state index contributed by atoms with van der Waals surface area (Å²) in [4.78, 5) is 17.0. The van der Waals surface area contributed by atoms with Gasteiger partial charge in [0.1, 0.15) is 12.3 Å². The minimum atomic E-state index is -2.62. The van der Waals surface area contributed by atoms with Crippen molar-refractivity contribution in [3.8, 4) is 5.75 Å². The molecule has 6 nitrogen and oxygen atoms in total. The molecule has 0 aliphatic heterocycles. The largest absolute Gasteiger partial charge is 0.497 e. The number of rotatable bonds is 6. The fourth-order valence-electron chi connectivity index (χ4n) is 3.29. The second-order valence-electron chi connectivity index (χ2n) is 6.93. The van der Waals surface area contributed by atoms with Crippen molar-refractivity contribution >= 4 is 22.6 Å². The van der Waals surface area contributed by atoms with Crippen LogP contribution in [-0.2, 0) is 11.3 Å². The van der Waals surface area contributed by atoms with Crippen LogP contribution in [0.4, 0.5) is 14.5 Å². The molecule has 1 aromatic carbocycles. The summed E-state index contributed by atoms with van der Waals surface area (Å²) in [6.45, 7) is 1.55. The van der Waals surface area contributed by atoms with Crippen molar-refractivity contribution in [3.63, 3.8) is 0 Å². The van der Waals surface area contributed by atoms with E-state index in [2.05, 4.69) is 15.4 Å². The van der Waals surface area contributed by atoms with Crippen molar-refractivity contribution in [2.45, 2.75) is 38.7 Å². The molecule has 3 aromatic rings. The van der Waals surface area contributed by atoms with Crippen LogP contribution in [0.2, 0.25) is 0 Å². The van der Waals surface area contributed by atoms with Gasteiger partial charge in [0.2, 0.25) is 5.91 Å². The Bertz CT molecular complexity index is 1030. The Morgan fingerprint density at radius 2 is 2.04 bits per heavy atom. The third-order valence-electron chi connectivity index (χ3n) is 4.83. The van der Waals surface area contributed by atoms with E-state index in [4.69, 9.17) is 4.74 Å².